The molecule has 9 nitrogen and oxygen atoms in total. The number of ether oxygens (including phenoxy) is 2. The van der Waals surface area contributed by atoms with Crippen LogP contribution in [0.25, 0.3) is 0 Å². The molecule has 0 amide bonds. The molecule has 0 radical (unpaired) electrons. The molecule has 0 bridgehead atoms. The third-order valence-corrected chi connectivity index (χ3v) is 8.97. The van der Waals surface area contributed by atoms with Gasteiger partial charge in [0.15, 0.2) is 6.10 Å². The van der Waals surface area contributed by atoms with Gasteiger partial charge in [-0.2, -0.15) is 0 Å². The SMILES string of the molecule is CC/C=C\C/C=C\C/C=C\C/C=C\CCC(=O)OC(COC(=O)CCCCCCC/C=C\C/C=C\CCCCCC)COP(=O)(O)OCC[N+](C)(C)C. The van der Waals surface area contributed by atoms with Gasteiger partial charge in [-0.1, -0.05) is 125 Å². The highest BCUT2D eigenvalue weighted by Crippen LogP contribution is 2.43. The molecule has 0 heterocycles. The third-order valence-electron chi connectivity index (χ3n) is 7.98. The molecule has 0 saturated carbocycles. The van der Waals surface area contributed by atoms with E-state index in [4.69, 9.17) is 18.5 Å². The molecule has 0 aliphatic heterocycles. The number of carbonyl (C=O) groups is 2. The largest absolute Gasteiger partial charge is 0.472 e. The van der Waals surface area contributed by atoms with Crippen molar-refractivity contribution in [2.24, 2.45) is 0 Å². The van der Waals surface area contributed by atoms with E-state index >= 15 is 0 Å². The van der Waals surface area contributed by atoms with Gasteiger partial charge in [-0.3, -0.25) is 18.6 Å². The molecule has 0 aromatic heterocycles. The lowest BCUT2D eigenvalue weighted by molar-refractivity contribution is -0.870. The first-order valence-electron chi connectivity index (χ1n) is 20.2. The van der Waals surface area contributed by atoms with Gasteiger partial charge in [0.1, 0.15) is 19.8 Å². The highest BCUT2D eigenvalue weighted by atomic mass is 31.2. The van der Waals surface area contributed by atoms with E-state index in [1.54, 1.807) is 0 Å². The molecule has 0 aliphatic rings. The Balaban J connectivity index is 4.54. The lowest BCUT2D eigenvalue weighted by Crippen LogP contribution is -2.37. The molecule has 0 fully saturated rings. The molecule has 2 atom stereocenters. The van der Waals surface area contributed by atoms with Crippen LogP contribution in [0.15, 0.2) is 72.9 Å². The summed E-state index contributed by atoms with van der Waals surface area (Å²) < 4.78 is 34.1. The highest BCUT2D eigenvalue weighted by Gasteiger charge is 2.27. The summed E-state index contributed by atoms with van der Waals surface area (Å²) in [6, 6.07) is 0. The van der Waals surface area contributed by atoms with Crippen LogP contribution in [0.4, 0.5) is 0 Å². The molecular weight excluding hydrogens is 689 g/mol. The Bertz CT molecular complexity index is 1140. The van der Waals surface area contributed by atoms with Crippen LogP contribution in [0.3, 0.4) is 0 Å². The predicted molar refractivity (Wildman–Crippen MR) is 219 cm³/mol. The Morgan fingerprint density at radius 2 is 1.11 bits per heavy atom. The van der Waals surface area contributed by atoms with Gasteiger partial charge in [0.25, 0.3) is 0 Å². The fraction of sp³-hybridized carbons (Fsp3) is 0.674. The lowest BCUT2D eigenvalue weighted by atomic mass is 10.1. The first-order valence-corrected chi connectivity index (χ1v) is 21.7. The van der Waals surface area contributed by atoms with Gasteiger partial charge < -0.3 is 18.9 Å². The van der Waals surface area contributed by atoms with Gasteiger partial charge in [0.2, 0.25) is 0 Å². The Kier molecular flexibility index (Phi) is 33.5. The smallest absolute Gasteiger partial charge is 0.462 e. The number of likely N-dealkylation sites (N-methyl/N-ethyl adjacent to an activating group) is 1. The molecule has 0 spiro atoms. The molecule has 304 valence electrons. The Labute approximate surface area is 323 Å². The van der Waals surface area contributed by atoms with Crippen LogP contribution in [0.2, 0.25) is 0 Å². The van der Waals surface area contributed by atoms with Crippen LogP contribution in [-0.4, -0.2) is 74.9 Å². The second kappa shape index (κ2) is 35.2. The first kappa shape index (κ1) is 50.5. The number of phosphoric ester groups is 1. The summed E-state index contributed by atoms with van der Waals surface area (Å²) in [5, 5.41) is 0. The van der Waals surface area contributed by atoms with E-state index in [9.17, 15) is 19.0 Å². The van der Waals surface area contributed by atoms with Crippen LogP contribution >= 0.6 is 7.82 Å². The minimum atomic E-state index is -4.40. The van der Waals surface area contributed by atoms with E-state index < -0.39 is 32.5 Å². The number of carbonyl (C=O) groups excluding carboxylic acids is 2. The standard InChI is InChI=1S/C43H74NO8P/c1-6-8-10-12-14-16-18-20-21-22-24-25-27-29-31-33-35-42(45)49-39-41(40-51-53(47,48)50-38-37-44(3,4)5)52-43(46)36-34-32-30-28-26-23-19-17-15-13-11-9-7-2/h9,11,15-18,21-23,26,30,32,41H,6-8,10,12-14,19-20,24-25,27-29,31,33-40H2,1-5H3/p+1/b11-9-,17-15-,18-16-,22-21-,26-23-,32-30-. The number of allylic oxidation sites excluding steroid dienone is 12. The van der Waals surface area contributed by atoms with Crippen LogP contribution in [0, 0.1) is 0 Å². The van der Waals surface area contributed by atoms with E-state index in [0.29, 0.717) is 23.9 Å². The lowest BCUT2D eigenvalue weighted by Gasteiger charge is -2.24. The third kappa shape index (κ3) is 39.0. The number of rotatable bonds is 35. The zero-order valence-electron chi connectivity index (χ0n) is 34.0. The molecule has 1 N–H and O–H groups in total. The van der Waals surface area contributed by atoms with Gasteiger partial charge in [-0.05, 0) is 70.6 Å². The molecule has 10 heteroatoms. The van der Waals surface area contributed by atoms with Crippen molar-refractivity contribution in [1.29, 1.82) is 0 Å². The van der Waals surface area contributed by atoms with Crippen molar-refractivity contribution in [2.45, 2.75) is 142 Å². The van der Waals surface area contributed by atoms with E-state index in [0.717, 1.165) is 64.2 Å². The zero-order valence-corrected chi connectivity index (χ0v) is 34.9. The molecule has 53 heavy (non-hydrogen) atoms. The second-order valence-electron chi connectivity index (χ2n) is 14.3. The fourth-order valence-electron chi connectivity index (χ4n) is 4.82. The molecular formula is C43H75NO8P+. The summed E-state index contributed by atoms with van der Waals surface area (Å²) in [6.07, 6.45) is 42.6. The molecule has 2 unspecified atom stereocenters. The van der Waals surface area contributed by atoms with Crippen LogP contribution < -0.4 is 0 Å². The van der Waals surface area contributed by atoms with Gasteiger partial charge >= 0.3 is 19.8 Å². The van der Waals surface area contributed by atoms with Gasteiger partial charge in [-0.25, -0.2) is 4.57 Å². The number of esters is 2. The average Bonchev–Trinajstić information content (AvgIpc) is 3.10. The van der Waals surface area contributed by atoms with E-state index in [1.807, 2.05) is 33.3 Å². The van der Waals surface area contributed by atoms with E-state index in [2.05, 4.69) is 74.6 Å². The number of quaternary nitrogens is 1. The predicted octanol–water partition coefficient (Wildman–Crippen LogP) is 11.1. The molecule has 0 aromatic rings. The number of hydrogen-bond acceptors (Lipinski definition) is 7. The van der Waals surface area contributed by atoms with E-state index in [1.165, 1.54) is 32.1 Å². The first-order chi connectivity index (χ1) is 25.5. The van der Waals surface area contributed by atoms with Crippen molar-refractivity contribution in [3.05, 3.63) is 72.9 Å². The number of unbranched alkanes of at least 4 members (excludes halogenated alkanes) is 9. The Hall–Kier alpha value is -2.55. The fourth-order valence-corrected chi connectivity index (χ4v) is 5.56. The van der Waals surface area contributed by atoms with Gasteiger partial charge in [0, 0.05) is 12.8 Å². The van der Waals surface area contributed by atoms with Crippen LogP contribution in [0.5, 0.6) is 0 Å². The Morgan fingerprint density at radius 3 is 1.68 bits per heavy atom. The normalized spacial score (nSPS) is 14.5. The minimum Gasteiger partial charge on any atom is -0.462 e. The van der Waals surface area contributed by atoms with Gasteiger partial charge in [-0.15, -0.1) is 0 Å². The minimum absolute atomic E-state index is 0.0131. The van der Waals surface area contributed by atoms with Crippen molar-refractivity contribution in [1.82, 2.24) is 0 Å². The van der Waals surface area contributed by atoms with Crippen LogP contribution in [0.1, 0.15) is 136 Å². The molecule has 0 aromatic carbocycles. The summed E-state index contributed by atoms with van der Waals surface area (Å²) in [5.41, 5.74) is 0. The maximum absolute atomic E-state index is 12.6. The Morgan fingerprint density at radius 1 is 0.604 bits per heavy atom. The van der Waals surface area contributed by atoms with Crippen molar-refractivity contribution in [3.63, 3.8) is 0 Å². The monoisotopic (exact) mass is 765 g/mol. The molecule has 0 aliphatic carbocycles. The maximum atomic E-state index is 12.6. The summed E-state index contributed by atoms with van der Waals surface area (Å²) in [4.78, 5) is 35.2. The topological polar surface area (TPSA) is 108 Å². The summed E-state index contributed by atoms with van der Waals surface area (Å²) in [5.74, 6) is -0.918. The number of nitrogens with zero attached hydrogens (tertiary/aromatic N) is 1. The van der Waals surface area contributed by atoms with Crippen molar-refractivity contribution >= 4 is 19.8 Å². The van der Waals surface area contributed by atoms with Crippen LogP contribution in [-0.2, 0) is 32.7 Å². The summed E-state index contributed by atoms with van der Waals surface area (Å²) in [7, 11) is 1.41. The van der Waals surface area contributed by atoms with E-state index in [-0.39, 0.29) is 26.1 Å². The molecule has 0 saturated heterocycles. The summed E-state index contributed by atoms with van der Waals surface area (Å²) >= 11 is 0. The number of hydrogen-bond donors (Lipinski definition) is 1. The van der Waals surface area contributed by atoms with Crippen molar-refractivity contribution < 1.29 is 42.1 Å². The second-order valence-corrected chi connectivity index (χ2v) is 15.7. The number of phosphoric acid groups is 1. The zero-order chi connectivity index (χ0) is 39.3. The van der Waals surface area contributed by atoms with Crippen molar-refractivity contribution in [3.8, 4) is 0 Å². The van der Waals surface area contributed by atoms with Gasteiger partial charge in [0.05, 0.1) is 27.7 Å². The average molecular weight is 765 g/mol. The maximum Gasteiger partial charge on any atom is 0.472 e. The van der Waals surface area contributed by atoms with Crippen molar-refractivity contribution in [2.75, 3.05) is 47.5 Å². The summed E-state index contributed by atoms with van der Waals surface area (Å²) in [6.45, 7) is 4.15. The molecule has 0 rings (SSSR count). The quantitative estimate of drug-likeness (QED) is 0.0223. The highest BCUT2D eigenvalue weighted by molar-refractivity contribution is 7.47.